The second-order valence-corrected chi connectivity index (χ2v) is 6.13. The highest BCUT2D eigenvalue weighted by Crippen LogP contribution is 2.30. The molecule has 4 nitrogen and oxygen atoms in total. The number of carbonyl (C=O) groups is 1. The van der Waals surface area contributed by atoms with Gasteiger partial charge in [0.05, 0.1) is 0 Å². The lowest BCUT2D eigenvalue weighted by Crippen LogP contribution is -2.43. The zero-order chi connectivity index (χ0) is 14.2. The van der Waals surface area contributed by atoms with Crippen LogP contribution in [0.1, 0.15) is 12.0 Å². The maximum absolute atomic E-state index is 11.4. The van der Waals surface area contributed by atoms with Crippen LogP contribution in [0.25, 0.3) is 10.1 Å². The van der Waals surface area contributed by atoms with Crippen LogP contribution in [-0.4, -0.2) is 41.8 Å². The quantitative estimate of drug-likeness (QED) is 0.940. The first-order valence-corrected chi connectivity index (χ1v) is 7.48. The molecule has 1 fully saturated rings. The normalized spacial score (nSPS) is 23.4. The van der Waals surface area contributed by atoms with Crippen LogP contribution in [0, 0.1) is 0 Å². The largest absolute Gasteiger partial charge is 0.479 e. The molecule has 3 rings (SSSR count). The lowest BCUT2D eigenvalue weighted by molar-refractivity contribution is -0.160. The van der Waals surface area contributed by atoms with Crippen molar-refractivity contribution in [3.8, 4) is 0 Å². The first-order chi connectivity index (χ1) is 9.64. The molecule has 1 saturated heterocycles. The molecule has 1 N–H and O–H groups in total. The fraction of sp³-hybridized carbons (Fsp3) is 0.400. The lowest BCUT2D eigenvalue weighted by atomic mass is 10.0. The van der Waals surface area contributed by atoms with Gasteiger partial charge in [-0.15, -0.1) is 11.3 Å². The summed E-state index contributed by atoms with van der Waals surface area (Å²) in [6.07, 6.45) is 0.543. The van der Waals surface area contributed by atoms with Gasteiger partial charge in [0.15, 0.2) is 5.60 Å². The third-order valence-corrected chi connectivity index (χ3v) is 5.06. The van der Waals surface area contributed by atoms with E-state index in [0.29, 0.717) is 13.0 Å². The van der Waals surface area contributed by atoms with Gasteiger partial charge in [-0.1, -0.05) is 18.2 Å². The topological polar surface area (TPSA) is 49.8 Å². The molecule has 0 bridgehead atoms. The summed E-state index contributed by atoms with van der Waals surface area (Å²) < 4.78 is 6.53. The predicted molar refractivity (Wildman–Crippen MR) is 79.1 cm³/mol. The van der Waals surface area contributed by atoms with Gasteiger partial charge in [-0.25, -0.2) is 4.79 Å². The Morgan fingerprint density at radius 2 is 2.30 bits per heavy atom. The summed E-state index contributed by atoms with van der Waals surface area (Å²) in [6, 6.07) is 8.32. The van der Waals surface area contributed by atoms with E-state index in [1.165, 1.54) is 22.8 Å². The molecular weight excluding hydrogens is 274 g/mol. The van der Waals surface area contributed by atoms with Crippen LogP contribution in [-0.2, 0) is 16.1 Å². The fourth-order valence-electron chi connectivity index (χ4n) is 2.82. The highest BCUT2D eigenvalue weighted by molar-refractivity contribution is 7.17. The molecule has 0 spiro atoms. The average Bonchev–Trinajstić information content (AvgIpc) is 3.05. The number of nitrogens with zero attached hydrogens (tertiary/aromatic N) is 1. The van der Waals surface area contributed by atoms with Crippen molar-refractivity contribution in [2.75, 3.05) is 20.2 Å². The zero-order valence-corrected chi connectivity index (χ0v) is 12.2. The Hall–Kier alpha value is -1.43. The van der Waals surface area contributed by atoms with Crippen LogP contribution in [0.4, 0.5) is 0 Å². The number of carboxylic acids is 1. The molecule has 2 heterocycles. The van der Waals surface area contributed by atoms with Crippen molar-refractivity contribution in [3.63, 3.8) is 0 Å². The number of hydrogen-bond donors (Lipinski definition) is 1. The zero-order valence-electron chi connectivity index (χ0n) is 11.3. The standard InChI is InChI=1S/C15H17NO3S/c1-19-15(14(17)18)6-7-16(10-15)8-11-9-20-13-5-3-2-4-12(11)13/h2-5,9H,6-8,10H2,1H3,(H,17,18)/t15-/m0/s1. The predicted octanol–water partition coefficient (Wildman–Crippen LogP) is 2.58. The van der Waals surface area contributed by atoms with E-state index < -0.39 is 11.6 Å². The monoisotopic (exact) mass is 291 g/mol. The van der Waals surface area contributed by atoms with Crippen molar-refractivity contribution in [3.05, 3.63) is 35.2 Å². The van der Waals surface area contributed by atoms with Crippen molar-refractivity contribution < 1.29 is 14.6 Å². The van der Waals surface area contributed by atoms with E-state index in [4.69, 9.17) is 4.74 Å². The van der Waals surface area contributed by atoms with Crippen LogP contribution >= 0.6 is 11.3 Å². The van der Waals surface area contributed by atoms with Crippen LogP contribution in [0.2, 0.25) is 0 Å². The Kier molecular flexibility index (Phi) is 3.50. The molecule has 0 saturated carbocycles. The third kappa shape index (κ3) is 2.22. The van der Waals surface area contributed by atoms with Gasteiger partial charge in [0.2, 0.25) is 0 Å². The molecule has 0 unspecified atom stereocenters. The van der Waals surface area contributed by atoms with E-state index in [1.54, 1.807) is 11.3 Å². The Morgan fingerprint density at radius 1 is 1.50 bits per heavy atom. The van der Waals surface area contributed by atoms with E-state index in [1.807, 2.05) is 12.1 Å². The van der Waals surface area contributed by atoms with E-state index in [9.17, 15) is 9.90 Å². The molecule has 1 aliphatic heterocycles. The molecule has 1 aliphatic rings. The van der Waals surface area contributed by atoms with Gasteiger partial charge in [0.1, 0.15) is 0 Å². The SMILES string of the molecule is CO[C@@]1(C(=O)O)CCN(Cc2csc3ccccc23)C1. The number of benzene rings is 1. The van der Waals surface area contributed by atoms with Crippen molar-refractivity contribution in [2.45, 2.75) is 18.6 Å². The summed E-state index contributed by atoms with van der Waals surface area (Å²) in [5, 5.41) is 12.8. The Balaban J connectivity index is 1.78. The third-order valence-electron chi connectivity index (χ3n) is 4.05. The molecule has 0 radical (unpaired) electrons. The van der Waals surface area contributed by atoms with Crippen molar-refractivity contribution in [2.24, 2.45) is 0 Å². The van der Waals surface area contributed by atoms with Gasteiger partial charge < -0.3 is 9.84 Å². The summed E-state index contributed by atoms with van der Waals surface area (Å²) in [5.74, 6) is -0.863. The molecular formula is C15H17NO3S. The Bertz CT molecular complexity index is 639. The molecule has 1 aromatic heterocycles. The molecule has 5 heteroatoms. The number of methoxy groups -OCH3 is 1. The minimum Gasteiger partial charge on any atom is -0.479 e. The van der Waals surface area contributed by atoms with Crippen LogP contribution < -0.4 is 0 Å². The number of fused-ring (bicyclic) bond motifs is 1. The smallest absolute Gasteiger partial charge is 0.337 e. The minimum absolute atomic E-state index is 0.447. The van der Waals surface area contributed by atoms with E-state index in [2.05, 4.69) is 22.4 Å². The van der Waals surface area contributed by atoms with Crippen LogP contribution in [0.5, 0.6) is 0 Å². The number of carboxylic acid groups (broad SMARTS) is 1. The molecule has 106 valence electrons. The molecule has 2 aromatic rings. The van der Waals surface area contributed by atoms with E-state index in [0.717, 1.165) is 13.1 Å². The van der Waals surface area contributed by atoms with Gasteiger partial charge in [-0.3, -0.25) is 4.90 Å². The summed E-state index contributed by atoms with van der Waals surface area (Å²) in [7, 11) is 1.48. The molecule has 1 aromatic carbocycles. The van der Waals surface area contributed by atoms with Crippen LogP contribution in [0.15, 0.2) is 29.6 Å². The van der Waals surface area contributed by atoms with E-state index in [-0.39, 0.29) is 0 Å². The highest BCUT2D eigenvalue weighted by Gasteiger charge is 2.45. The van der Waals surface area contributed by atoms with Crippen LogP contribution in [0.3, 0.4) is 0 Å². The Morgan fingerprint density at radius 3 is 3.00 bits per heavy atom. The Labute approximate surface area is 121 Å². The molecule has 1 atom stereocenters. The van der Waals surface area contributed by atoms with Gasteiger partial charge in [-0.05, 0) is 22.4 Å². The van der Waals surface area contributed by atoms with Gasteiger partial charge in [0, 0.05) is 37.9 Å². The van der Waals surface area contributed by atoms with Gasteiger partial charge >= 0.3 is 5.97 Å². The van der Waals surface area contributed by atoms with Crippen molar-refractivity contribution in [1.29, 1.82) is 0 Å². The first kappa shape index (κ1) is 13.5. The number of likely N-dealkylation sites (tertiary alicyclic amines) is 1. The highest BCUT2D eigenvalue weighted by atomic mass is 32.1. The fourth-order valence-corrected chi connectivity index (χ4v) is 3.77. The number of thiophene rings is 1. The summed E-state index contributed by atoms with van der Waals surface area (Å²) >= 11 is 1.74. The van der Waals surface area contributed by atoms with Gasteiger partial charge in [-0.2, -0.15) is 0 Å². The molecule has 20 heavy (non-hydrogen) atoms. The summed E-state index contributed by atoms with van der Waals surface area (Å²) in [4.78, 5) is 13.5. The summed E-state index contributed by atoms with van der Waals surface area (Å²) in [5.41, 5.74) is 0.231. The number of ether oxygens (including phenoxy) is 1. The average molecular weight is 291 g/mol. The number of hydrogen-bond acceptors (Lipinski definition) is 4. The second-order valence-electron chi connectivity index (χ2n) is 5.22. The molecule has 0 aliphatic carbocycles. The molecule has 0 amide bonds. The maximum atomic E-state index is 11.4. The number of aliphatic carboxylic acids is 1. The van der Waals surface area contributed by atoms with Crippen molar-refractivity contribution >= 4 is 27.4 Å². The second kappa shape index (κ2) is 5.16. The van der Waals surface area contributed by atoms with E-state index >= 15 is 0 Å². The lowest BCUT2D eigenvalue weighted by Gasteiger charge is -2.23. The number of rotatable bonds is 4. The first-order valence-electron chi connectivity index (χ1n) is 6.61. The maximum Gasteiger partial charge on any atom is 0.337 e. The van der Waals surface area contributed by atoms with Crippen molar-refractivity contribution in [1.82, 2.24) is 4.90 Å². The summed E-state index contributed by atoms with van der Waals surface area (Å²) in [6.45, 7) is 1.98. The van der Waals surface area contributed by atoms with Gasteiger partial charge in [0.25, 0.3) is 0 Å². The minimum atomic E-state index is -1.04.